The fraction of sp³-hybridized carbons (Fsp3) is 0.478. The number of hydrogen-bond donors (Lipinski definition) is 1. The molecule has 3 aromatic heterocycles. The molecular formula is C23H28N5O4S2+. The van der Waals surface area contributed by atoms with E-state index in [0.29, 0.717) is 36.1 Å². The lowest BCUT2D eigenvalue weighted by molar-refractivity contribution is 0.0965. The van der Waals surface area contributed by atoms with Crippen LogP contribution >= 0.6 is 23.1 Å². The zero-order valence-electron chi connectivity index (χ0n) is 19.3. The molecule has 3 aromatic rings. The highest BCUT2D eigenvalue weighted by atomic mass is 32.2. The maximum Gasteiger partial charge on any atom is 0.276 e. The average Bonchev–Trinajstić information content (AvgIpc) is 3.20. The number of anilines is 1. The molecule has 2 saturated heterocycles. The number of aliphatic hydroxyl groups is 1. The molecule has 5 rings (SSSR count). The van der Waals surface area contributed by atoms with Crippen LogP contribution in [0.15, 0.2) is 28.2 Å². The zero-order chi connectivity index (χ0) is 23.7. The van der Waals surface area contributed by atoms with Crippen LogP contribution in [0.3, 0.4) is 0 Å². The molecule has 0 aliphatic carbocycles. The number of thioether (sulfide) groups is 1. The van der Waals surface area contributed by atoms with Gasteiger partial charge in [-0.3, -0.25) is 9.20 Å². The molecule has 0 atom stereocenters. The van der Waals surface area contributed by atoms with Gasteiger partial charge in [-0.15, -0.1) is 11.3 Å². The van der Waals surface area contributed by atoms with Gasteiger partial charge in [0.2, 0.25) is 5.36 Å². The first-order valence-electron chi connectivity index (χ1n) is 11.3. The summed E-state index contributed by atoms with van der Waals surface area (Å²) in [5.74, 6) is 1.14. The van der Waals surface area contributed by atoms with Crippen LogP contribution in [-0.4, -0.2) is 77.8 Å². The Morgan fingerprint density at radius 2 is 1.85 bits per heavy atom. The molecule has 0 saturated carbocycles. The van der Waals surface area contributed by atoms with Crippen molar-refractivity contribution in [2.75, 3.05) is 63.3 Å². The Hall–Kier alpha value is -2.47. The van der Waals surface area contributed by atoms with E-state index in [-0.39, 0.29) is 17.1 Å². The van der Waals surface area contributed by atoms with Crippen LogP contribution in [0.4, 0.5) is 5.82 Å². The van der Waals surface area contributed by atoms with Gasteiger partial charge in [0.25, 0.3) is 5.56 Å². The summed E-state index contributed by atoms with van der Waals surface area (Å²) in [6, 6.07) is 6.01. The number of nitrogens with zero attached hydrogens (tertiary/aromatic N) is 5. The lowest BCUT2D eigenvalue weighted by Gasteiger charge is -2.28. The van der Waals surface area contributed by atoms with Gasteiger partial charge in [0.1, 0.15) is 34.2 Å². The second kappa shape index (κ2) is 10.0. The van der Waals surface area contributed by atoms with Crippen LogP contribution in [0.5, 0.6) is 0 Å². The van der Waals surface area contributed by atoms with Gasteiger partial charge in [0.15, 0.2) is 18.2 Å². The molecule has 1 N–H and O–H groups in total. The third kappa shape index (κ3) is 4.83. The summed E-state index contributed by atoms with van der Waals surface area (Å²) >= 11 is 2.65. The third-order valence-electron chi connectivity index (χ3n) is 5.94. The predicted octanol–water partition coefficient (Wildman–Crippen LogP) is 0.584. The van der Waals surface area contributed by atoms with E-state index in [0.717, 1.165) is 53.6 Å². The molecule has 0 spiro atoms. The zero-order valence-corrected chi connectivity index (χ0v) is 21.0. The van der Waals surface area contributed by atoms with E-state index in [1.165, 1.54) is 23.1 Å². The molecule has 0 bridgehead atoms. The van der Waals surface area contributed by atoms with Crippen LogP contribution in [0.25, 0.3) is 10.6 Å². The fourth-order valence-electron chi connectivity index (χ4n) is 4.20. The van der Waals surface area contributed by atoms with Gasteiger partial charge in [-0.25, -0.2) is 14.5 Å². The monoisotopic (exact) mass is 502 g/mol. The summed E-state index contributed by atoms with van der Waals surface area (Å²) in [6.07, 6.45) is 0. The maximum absolute atomic E-state index is 13.1. The summed E-state index contributed by atoms with van der Waals surface area (Å²) in [4.78, 5) is 25.3. The van der Waals surface area contributed by atoms with Crippen molar-refractivity contribution in [3.63, 3.8) is 0 Å². The van der Waals surface area contributed by atoms with Crippen molar-refractivity contribution < 1.29 is 14.6 Å². The molecule has 2 aliphatic rings. The van der Waals surface area contributed by atoms with Gasteiger partial charge < -0.3 is 19.5 Å². The van der Waals surface area contributed by atoms with Crippen molar-refractivity contribution in [3.8, 4) is 0 Å². The van der Waals surface area contributed by atoms with Gasteiger partial charge in [-0.2, -0.15) is 0 Å². The Bertz CT molecular complexity index is 1390. The molecule has 0 amide bonds. The second-order valence-electron chi connectivity index (χ2n) is 8.35. The molecule has 180 valence electrons. The number of ether oxygens (including phenoxy) is 2. The van der Waals surface area contributed by atoms with Gasteiger partial charge >= 0.3 is 0 Å². The molecule has 9 nitrogen and oxygen atoms in total. The highest BCUT2D eigenvalue weighted by Crippen LogP contribution is 2.21. The largest absolute Gasteiger partial charge is 0.510 e. The van der Waals surface area contributed by atoms with Crippen molar-refractivity contribution in [2.45, 2.75) is 19.0 Å². The molecular weight excluding hydrogens is 474 g/mol. The minimum atomic E-state index is -0.191. The number of aryl methyl sites for hydroxylation is 2. The Morgan fingerprint density at radius 3 is 2.62 bits per heavy atom. The molecule has 5 heterocycles. The normalized spacial score (nSPS) is 17.9. The number of pyridine rings is 1. The topological polar surface area (TPSA) is 92.2 Å². The predicted molar refractivity (Wildman–Crippen MR) is 134 cm³/mol. The number of hydrogen-bond acceptors (Lipinski definition) is 9. The SMILES string of the molecule is Cc1cc(N2CCOCC2)nc(SCC(O)=c2sc3cc(=[N+]4CCOCC4)cc(C)n3c2=O)n1. The standard InChI is InChI=1S/C23H27N5O4S2/c1-15-11-19(27-5-9-32-10-6-27)25-23(24-15)33-14-18(29)21-22(30)28-16(2)12-17(13-20(28)34-21)26-3-7-31-8-4-26/h11-13H,3-10,14H2,1-2H3/p+1. The van der Waals surface area contributed by atoms with Crippen molar-refractivity contribution in [1.29, 1.82) is 0 Å². The van der Waals surface area contributed by atoms with E-state index in [1.54, 1.807) is 4.40 Å². The third-order valence-corrected chi connectivity index (χ3v) is 7.92. The first-order valence-corrected chi connectivity index (χ1v) is 13.1. The van der Waals surface area contributed by atoms with Crippen molar-refractivity contribution in [3.05, 3.63) is 49.8 Å². The maximum atomic E-state index is 13.1. The number of morpholine rings is 2. The van der Waals surface area contributed by atoms with Crippen LogP contribution in [0, 0.1) is 13.8 Å². The summed E-state index contributed by atoms with van der Waals surface area (Å²) in [5, 5.41) is 12.5. The number of fused-ring (bicyclic) bond motifs is 1. The highest BCUT2D eigenvalue weighted by Gasteiger charge is 2.17. The summed E-state index contributed by atoms with van der Waals surface area (Å²) in [5.41, 5.74) is 1.53. The number of aromatic nitrogens is 3. The molecule has 0 radical (unpaired) electrons. The average molecular weight is 503 g/mol. The van der Waals surface area contributed by atoms with Gasteiger partial charge in [0, 0.05) is 42.7 Å². The quantitative estimate of drug-likeness (QED) is 0.315. The van der Waals surface area contributed by atoms with Gasteiger partial charge in [-0.05, 0) is 13.8 Å². The molecule has 2 fully saturated rings. The lowest BCUT2D eigenvalue weighted by Crippen LogP contribution is -2.40. The summed E-state index contributed by atoms with van der Waals surface area (Å²) in [7, 11) is 0. The van der Waals surface area contributed by atoms with E-state index in [1.807, 2.05) is 32.0 Å². The number of aliphatic hydroxyl groups excluding tert-OH is 1. The van der Waals surface area contributed by atoms with Crippen LogP contribution in [-0.2, 0) is 9.47 Å². The van der Waals surface area contributed by atoms with E-state index < -0.39 is 0 Å². The Morgan fingerprint density at radius 1 is 1.12 bits per heavy atom. The van der Waals surface area contributed by atoms with Gasteiger partial charge in [-0.1, -0.05) is 11.8 Å². The van der Waals surface area contributed by atoms with Crippen molar-refractivity contribution >= 4 is 39.5 Å². The minimum Gasteiger partial charge on any atom is -0.510 e. The summed E-state index contributed by atoms with van der Waals surface area (Å²) in [6.45, 7) is 9.88. The van der Waals surface area contributed by atoms with E-state index in [4.69, 9.17) is 9.47 Å². The smallest absolute Gasteiger partial charge is 0.276 e. The van der Waals surface area contributed by atoms with Crippen molar-refractivity contribution in [1.82, 2.24) is 18.9 Å². The van der Waals surface area contributed by atoms with E-state index in [9.17, 15) is 9.90 Å². The Kier molecular flexibility index (Phi) is 6.87. The van der Waals surface area contributed by atoms with Crippen LogP contribution < -0.4 is 24.9 Å². The molecule has 0 unspecified atom stereocenters. The number of rotatable bonds is 4. The van der Waals surface area contributed by atoms with Gasteiger partial charge in [0.05, 0.1) is 19.0 Å². The fourth-order valence-corrected chi connectivity index (χ4v) is 6.14. The molecule has 34 heavy (non-hydrogen) atoms. The second-order valence-corrected chi connectivity index (χ2v) is 10.3. The number of thiazole rings is 1. The summed E-state index contributed by atoms with van der Waals surface area (Å²) < 4.78 is 15.2. The highest BCUT2D eigenvalue weighted by molar-refractivity contribution is 7.99. The minimum absolute atomic E-state index is 0.0500. The molecule has 11 heteroatoms. The van der Waals surface area contributed by atoms with Crippen LogP contribution in [0.1, 0.15) is 11.4 Å². The van der Waals surface area contributed by atoms with E-state index >= 15 is 0 Å². The first-order chi connectivity index (χ1) is 16.5. The lowest BCUT2D eigenvalue weighted by atomic mass is 10.3. The Labute approximate surface area is 205 Å². The van der Waals surface area contributed by atoms with Crippen molar-refractivity contribution in [2.24, 2.45) is 0 Å². The van der Waals surface area contributed by atoms with Crippen LogP contribution in [0.2, 0.25) is 0 Å². The molecule has 2 aliphatic heterocycles. The Balaban J connectivity index is 1.44. The first kappa shape index (κ1) is 23.3. The van der Waals surface area contributed by atoms with E-state index in [2.05, 4.69) is 19.4 Å². The molecule has 0 aromatic carbocycles.